The smallest absolute Gasteiger partial charge is 0.135 e. The van der Waals surface area contributed by atoms with Crippen LogP contribution in [-0.4, -0.2) is 13.9 Å². The summed E-state index contributed by atoms with van der Waals surface area (Å²) in [6, 6.07) is 0. The Labute approximate surface area is 121 Å². The lowest BCUT2D eigenvalue weighted by atomic mass is 10.00. The highest BCUT2D eigenvalue weighted by Gasteiger charge is 2.23. The van der Waals surface area contributed by atoms with E-state index in [0.717, 1.165) is 12.0 Å². The number of ketones is 1. The van der Waals surface area contributed by atoms with E-state index in [1.165, 1.54) is 25.7 Å². The Morgan fingerprint density at radius 1 is 1.16 bits per heavy atom. The van der Waals surface area contributed by atoms with Crippen LogP contribution >= 0.6 is 0 Å². The van der Waals surface area contributed by atoms with Crippen molar-refractivity contribution < 1.29 is 4.79 Å². The molecule has 0 bridgehead atoms. The molecule has 0 aliphatic heterocycles. The fraction of sp³-hybridized carbons (Fsp3) is 0.824. The first-order valence-electron chi connectivity index (χ1n) is 8.02. The third kappa shape index (κ3) is 8.41. The van der Waals surface area contributed by atoms with Gasteiger partial charge in [-0.25, -0.2) is 0 Å². The van der Waals surface area contributed by atoms with Crippen molar-refractivity contribution in [2.24, 2.45) is 5.92 Å². The summed E-state index contributed by atoms with van der Waals surface area (Å²) in [6.07, 6.45) is 11.6. The molecule has 2 atom stereocenters. The summed E-state index contributed by atoms with van der Waals surface area (Å²) in [5, 5.41) is 0. The van der Waals surface area contributed by atoms with E-state index < -0.39 is 8.07 Å². The maximum atomic E-state index is 11.6. The summed E-state index contributed by atoms with van der Waals surface area (Å²) in [4.78, 5) is 11.6. The van der Waals surface area contributed by atoms with Crippen molar-refractivity contribution in [1.82, 2.24) is 0 Å². The lowest BCUT2D eigenvalue weighted by Crippen LogP contribution is -2.26. The first-order chi connectivity index (χ1) is 8.82. The molecule has 0 heterocycles. The molecule has 0 spiro atoms. The molecule has 2 heteroatoms. The van der Waals surface area contributed by atoms with Gasteiger partial charge in [-0.2, -0.15) is 0 Å². The van der Waals surface area contributed by atoms with Gasteiger partial charge in [-0.3, -0.25) is 4.79 Å². The highest BCUT2D eigenvalue weighted by atomic mass is 28.3. The number of hydrogen-bond acceptors (Lipinski definition) is 1. The van der Waals surface area contributed by atoms with E-state index in [1.54, 1.807) is 0 Å². The average Bonchev–Trinajstić information content (AvgIpc) is 2.34. The number of rotatable bonds is 10. The van der Waals surface area contributed by atoms with Crippen molar-refractivity contribution in [3.8, 4) is 0 Å². The van der Waals surface area contributed by atoms with Crippen LogP contribution in [0.4, 0.5) is 0 Å². The van der Waals surface area contributed by atoms with E-state index in [1.807, 2.05) is 6.92 Å². The van der Waals surface area contributed by atoms with Gasteiger partial charge in [-0.1, -0.05) is 71.8 Å². The van der Waals surface area contributed by atoms with Gasteiger partial charge in [-0.15, -0.1) is 0 Å². The minimum atomic E-state index is -1.12. The van der Waals surface area contributed by atoms with Crippen LogP contribution in [0, 0.1) is 5.92 Å². The van der Waals surface area contributed by atoms with Crippen molar-refractivity contribution in [3.63, 3.8) is 0 Å². The summed E-state index contributed by atoms with van der Waals surface area (Å²) < 4.78 is 0. The van der Waals surface area contributed by atoms with Crippen molar-refractivity contribution in [3.05, 3.63) is 12.2 Å². The third-order valence-corrected chi connectivity index (χ3v) is 6.69. The van der Waals surface area contributed by atoms with Crippen LogP contribution in [0.15, 0.2) is 12.2 Å². The zero-order valence-electron chi connectivity index (χ0n) is 14.0. The fourth-order valence-corrected chi connectivity index (χ4v) is 4.14. The molecule has 0 saturated heterocycles. The summed E-state index contributed by atoms with van der Waals surface area (Å²) in [5.41, 5.74) is 0.767. The molecule has 0 N–H and O–H groups in total. The number of carbonyl (C=O) groups is 1. The van der Waals surface area contributed by atoms with Gasteiger partial charge in [0, 0.05) is 12.3 Å². The third-order valence-electron chi connectivity index (χ3n) is 3.99. The molecule has 19 heavy (non-hydrogen) atoms. The van der Waals surface area contributed by atoms with Crippen molar-refractivity contribution in [2.75, 3.05) is 0 Å². The molecule has 0 aromatic heterocycles. The van der Waals surface area contributed by atoms with E-state index in [9.17, 15) is 4.79 Å². The molecule has 0 aromatic carbocycles. The molecule has 0 aliphatic rings. The Hall–Kier alpha value is -0.373. The molecule has 0 rings (SSSR count). The maximum Gasteiger partial charge on any atom is 0.135 e. The van der Waals surface area contributed by atoms with Gasteiger partial charge in [0.2, 0.25) is 0 Å². The molecule has 0 fully saturated rings. The van der Waals surface area contributed by atoms with Gasteiger partial charge in [0.25, 0.3) is 0 Å². The van der Waals surface area contributed by atoms with E-state index >= 15 is 0 Å². The topological polar surface area (TPSA) is 17.1 Å². The van der Waals surface area contributed by atoms with Crippen molar-refractivity contribution in [1.29, 1.82) is 0 Å². The van der Waals surface area contributed by atoms with Gasteiger partial charge in [-0.05, 0) is 18.4 Å². The second-order valence-electron chi connectivity index (χ2n) is 6.85. The summed E-state index contributed by atoms with van der Waals surface area (Å²) in [5.74, 6) is 0.583. The number of carbonyl (C=O) groups excluding carboxylic acids is 1. The molecule has 0 radical (unpaired) electrons. The van der Waals surface area contributed by atoms with E-state index in [4.69, 9.17) is 0 Å². The predicted molar refractivity (Wildman–Crippen MR) is 89.5 cm³/mol. The summed E-state index contributed by atoms with van der Waals surface area (Å²) >= 11 is 0. The Kier molecular flexibility index (Phi) is 9.33. The monoisotopic (exact) mass is 282 g/mol. The molecular weight excluding hydrogens is 248 g/mol. The number of hydrogen-bond donors (Lipinski definition) is 0. The Balaban J connectivity index is 4.35. The summed E-state index contributed by atoms with van der Waals surface area (Å²) in [6.45, 7) is 13.6. The SMILES string of the molecule is CCCCCC(/C=C/CC(C)C(=O)CC)[Si](C)(C)C. The van der Waals surface area contributed by atoms with Crippen LogP contribution in [0.5, 0.6) is 0 Å². The van der Waals surface area contributed by atoms with Gasteiger partial charge >= 0.3 is 0 Å². The van der Waals surface area contributed by atoms with Crippen LogP contribution in [-0.2, 0) is 4.79 Å². The van der Waals surface area contributed by atoms with Crippen LogP contribution in [0.25, 0.3) is 0 Å². The molecular formula is C17H34OSi. The predicted octanol–water partition coefficient (Wildman–Crippen LogP) is 5.84. The number of Topliss-reactive ketones (excluding diaryl/α,β-unsaturated/α-hetero) is 1. The van der Waals surface area contributed by atoms with Crippen molar-refractivity contribution in [2.45, 2.75) is 84.5 Å². The van der Waals surface area contributed by atoms with Gasteiger partial charge in [0.15, 0.2) is 0 Å². The van der Waals surface area contributed by atoms with Crippen molar-refractivity contribution >= 4 is 13.9 Å². The van der Waals surface area contributed by atoms with E-state index in [2.05, 4.69) is 45.6 Å². The minimum Gasteiger partial charge on any atom is -0.299 e. The van der Waals surface area contributed by atoms with Crippen LogP contribution in [0.2, 0.25) is 25.2 Å². The molecule has 2 unspecified atom stereocenters. The highest BCUT2D eigenvalue weighted by molar-refractivity contribution is 6.78. The van der Waals surface area contributed by atoms with Gasteiger partial charge < -0.3 is 0 Å². The Bertz CT molecular complexity index is 275. The second-order valence-corrected chi connectivity index (χ2v) is 12.3. The van der Waals surface area contributed by atoms with Gasteiger partial charge in [0.05, 0.1) is 8.07 Å². The number of allylic oxidation sites excluding steroid dienone is 2. The number of unbranched alkanes of at least 4 members (excludes halogenated alkanes) is 2. The summed E-state index contributed by atoms with van der Waals surface area (Å²) in [7, 11) is -1.12. The second kappa shape index (κ2) is 9.52. The molecule has 112 valence electrons. The fourth-order valence-electron chi connectivity index (χ4n) is 2.36. The minimum absolute atomic E-state index is 0.194. The molecule has 0 amide bonds. The average molecular weight is 283 g/mol. The van der Waals surface area contributed by atoms with Crippen LogP contribution < -0.4 is 0 Å². The quantitative estimate of drug-likeness (QED) is 0.279. The van der Waals surface area contributed by atoms with E-state index in [0.29, 0.717) is 12.2 Å². The highest BCUT2D eigenvalue weighted by Crippen LogP contribution is 2.29. The molecule has 0 aliphatic carbocycles. The molecule has 1 nitrogen and oxygen atoms in total. The Morgan fingerprint density at radius 2 is 1.79 bits per heavy atom. The zero-order valence-corrected chi connectivity index (χ0v) is 15.0. The first kappa shape index (κ1) is 18.6. The first-order valence-corrected chi connectivity index (χ1v) is 11.6. The normalized spacial score (nSPS) is 15.7. The lowest BCUT2D eigenvalue weighted by molar-refractivity contribution is -0.121. The van der Waals surface area contributed by atoms with Gasteiger partial charge in [0.1, 0.15) is 5.78 Å². The lowest BCUT2D eigenvalue weighted by Gasteiger charge is -2.26. The zero-order chi connectivity index (χ0) is 14.9. The van der Waals surface area contributed by atoms with E-state index in [-0.39, 0.29) is 5.92 Å². The maximum absolute atomic E-state index is 11.6. The van der Waals surface area contributed by atoms with Crippen LogP contribution in [0.3, 0.4) is 0 Å². The Morgan fingerprint density at radius 3 is 2.26 bits per heavy atom. The molecule has 0 saturated carbocycles. The largest absolute Gasteiger partial charge is 0.299 e. The van der Waals surface area contributed by atoms with Crippen LogP contribution in [0.1, 0.15) is 59.3 Å². The standard InChI is InChI=1S/C17H34OSi/c1-7-9-10-13-16(19(4,5)6)14-11-12-15(3)17(18)8-2/h11,14-16H,7-10,12-13H2,1-6H3/b14-11+. The molecule has 0 aromatic rings.